The van der Waals surface area contributed by atoms with E-state index in [0.717, 1.165) is 24.8 Å². The number of nitrogens with one attached hydrogen (secondary N) is 1. The molecule has 2 N–H and O–H groups in total. The van der Waals surface area contributed by atoms with Gasteiger partial charge in [0.05, 0.1) is 10.6 Å². The first-order chi connectivity index (χ1) is 8.61. The molecule has 1 amide bonds. The van der Waals surface area contributed by atoms with E-state index in [0.29, 0.717) is 10.6 Å². The van der Waals surface area contributed by atoms with Gasteiger partial charge in [0, 0.05) is 18.6 Å². The SMILES string of the molecule is Cc1ccc(C(=O)NC2CCCC2CO)c(Cl)c1. The largest absolute Gasteiger partial charge is 0.396 e. The van der Waals surface area contributed by atoms with Gasteiger partial charge in [-0.25, -0.2) is 0 Å². The zero-order valence-corrected chi connectivity index (χ0v) is 11.2. The van der Waals surface area contributed by atoms with Crippen molar-refractivity contribution in [3.8, 4) is 0 Å². The van der Waals surface area contributed by atoms with Crippen molar-refractivity contribution >= 4 is 17.5 Å². The monoisotopic (exact) mass is 267 g/mol. The van der Waals surface area contributed by atoms with Crippen molar-refractivity contribution in [2.45, 2.75) is 32.2 Å². The molecule has 1 aromatic carbocycles. The Morgan fingerprint density at radius 2 is 2.28 bits per heavy atom. The molecule has 2 atom stereocenters. The topological polar surface area (TPSA) is 49.3 Å². The molecule has 0 radical (unpaired) electrons. The smallest absolute Gasteiger partial charge is 0.253 e. The van der Waals surface area contributed by atoms with E-state index in [-0.39, 0.29) is 24.5 Å². The van der Waals surface area contributed by atoms with Crippen LogP contribution in [0.15, 0.2) is 18.2 Å². The molecule has 1 saturated carbocycles. The lowest BCUT2D eigenvalue weighted by atomic mass is 10.0. The third-order valence-electron chi connectivity index (χ3n) is 3.58. The van der Waals surface area contributed by atoms with Gasteiger partial charge in [-0.1, -0.05) is 24.1 Å². The first kappa shape index (κ1) is 13.4. The zero-order chi connectivity index (χ0) is 13.1. The lowest BCUT2D eigenvalue weighted by Gasteiger charge is -2.19. The molecule has 0 aromatic heterocycles. The number of halogens is 1. The second-order valence-corrected chi connectivity index (χ2v) is 5.34. The standard InChI is InChI=1S/C14H18ClNO2/c1-9-5-6-11(12(15)7-9)14(18)16-13-4-2-3-10(13)8-17/h5-7,10,13,17H,2-4,8H2,1H3,(H,16,18). The van der Waals surface area contributed by atoms with Crippen LogP contribution >= 0.6 is 11.6 Å². The van der Waals surface area contributed by atoms with E-state index < -0.39 is 0 Å². The van der Waals surface area contributed by atoms with E-state index in [1.54, 1.807) is 12.1 Å². The van der Waals surface area contributed by atoms with Gasteiger partial charge in [-0.15, -0.1) is 0 Å². The Morgan fingerprint density at radius 3 is 2.94 bits per heavy atom. The molecule has 0 saturated heterocycles. The van der Waals surface area contributed by atoms with E-state index in [1.807, 2.05) is 13.0 Å². The molecule has 1 fully saturated rings. The summed E-state index contributed by atoms with van der Waals surface area (Å²) >= 11 is 6.07. The summed E-state index contributed by atoms with van der Waals surface area (Å²) < 4.78 is 0. The second-order valence-electron chi connectivity index (χ2n) is 4.94. The quantitative estimate of drug-likeness (QED) is 0.884. The van der Waals surface area contributed by atoms with Crippen LogP contribution in [0.25, 0.3) is 0 Å². The van der Waals surface area contributed by atoms with Gasteiger partial charge in [0.15, 0.2) is 0 Å². The molecule has 3 nitrogen and oxygen atoms in total. The third-order valence-corrected chi connectivity index (χ3v) is 3.89. The van der Waals surface area contributed by atoms with Crippen LogP contribution in [0.1, 0.15) is 35.2 Å². The molecule has 1 aliphatic rings. The molecule has 0 aliphatic heterocycles. The van der Waals surface area contributed by atoms with Gasteiger partial charge < -0.3 is 10.4 Å². The van der Waals surface area contributed by atoms with Crippen molar-refractivity contribution in [2.75, 3.05) is 6.61 Å². The van der Waals surface area contributed by atoms with E-state index >= 15 is 0 Å². The minimum atomic E-state index is -0.148. The maximum absolute atomic E-state index is 12.1. The van der Waals surface area contributed by atoms with Crippen molar-refractivity contribution in [3.63, 3.8) is 0 Å². The molecular formula is C14H18ClNO2. The van der Waals surface area contributed by atoms with E-state index in [1.165, 1.54) is 0 Å². The van der Waals surface area contributed by atoms with Crippen LogP contribution in [0.3, 0.4) is 0 Å². The molecule has 0 heterocycles. The van der Waals surface area contributed by atoms with E-state index in [2.05, 4.69) is 5.32 Å². The van der Waals surface area contributed by atoms with Crippen molar-refractivity contribution in [3.05, 3.63) is 34.3 Å². The van der Waals surface area contributed by atoms with Crippen LogP contribution in [0.5, 0.6) is 0 Å². The highest BCUT2D eigenvalue weighted by atomic mass is 35.5. The average Bonchev–Trinajstić information content (AvgIpc) is 2.76. The number of benzene rings is 1. The molecule has 0 bridgehead atoms. The van der Waals surface area contributed by atoms with Crippen LogP contribution in [-0.2, 0) is 0 Å². The van der Waals surface area contributed by atoms with Gasteiger partial charge >= 0.3 is 0 Å². The predicted molar refractivity (Wildman–Crippen MR) is 71.9 cm³/mol. The minimum absolute atomic E-state index is 0.0693. The Kier molecular flexibility index (Phi) is 4.25. The maximum atomic E-state index is 12.1. The van der Waals surface area contributed by atoms with Crippen LogP contribution in [0, 0.1) is 12.8 Å². The zero-order valence-electron chi connectivity index (χ0n) is 10.4. The maximum Gasteiger partial charge on any atom is 0.253 e. The molecule has 0 spiro atoms. The minimum Gasteiger partial charge on any atom is -0.396 e. The normalized spacial score (nSPS) is 23.1. The highest BCUT2D eigenvalue weighted by molar-refractivity contribution is 6.33. The summed E-state index contributed by atoms with van der Waals surface area (Å²) in [4.78, 5) is 12.1. The number of carbonyl (C=O) groups excluding carboxylic acids is 1. The Bertz CT molecular complexity index is 447. The number of hydrogen-bond acceptors (Lipinski definition) is 2. The number of rotatable bonds is 3. The highest BCUT2D eigenvalue weighted by Gasteiger charge is 2.28. The molecule has 18 heavy (non-hydrogen) atoms. The fourth-order valence-corrected chi connectivity index (χ4v) is 2.82. The second kappa shape index (κ2) is 5.72. The number of carbonyl (C=O) groups is 1. The van der Waals surface area contributed by atoms with Gasteiger partial charge in [-0.3, -0.25) is 4.79 Å². The Labute approximate surface area is 112 Å². The van der Waals surface area contributed by atoms with Crippen molar-refractivity contribution < 1.29 is 9.90 Å². The molecule has 1 aliphatic carbocycles. The Balaban J connectivity index is 2.07. The summed E-state index contributed by atoms with van der Waals surface area (Å²) in [5.41, 5.74) is 1.54. The van der Waals surface area contributed by atoms with E-state index in [9.17, 15) is 9.90 Å². The Morgan fingerprint density at radius 1 is 1.50 bits per heavy atom. The summed E-state index contributed by atoms with van der Waals surface area (Å²) in [5.74, 6) is 0.0310. The molecule has 2 unspecified atom stereocenters. The van der Waals surface area contributed by atoms with Gasteiger partial charge in [0.25, 0.3) is 5.91 Å². The predicted octanol–water partition coefficient (Wildman–Crippen LogP) is 2.54. The first-order valence-corrected chi connectivity index (χ1v) is 6.67. The average molecular weight is 268 g/mol. The van der Waals surface area contributed by atoms with Gasteiger partial charge in [-0.05, 0) is 37.5 Å². The summed E-state index contributed by atoms with van der Waals surface area (Å²) in [6.45, 7) is 2.07. The van der Waals surface area contributed by atoms with Gasteiger partial charge in [0.1, 0.15) is 0 Å². The molecule has 1 aromatic rings. The third kappa shape index (κ3) is 2.85. The van der Waals surface area contributed by atoms with Crippen molar-refractivity contribution in [1.82, 2.24) is 5.32 Å². The highest BCUT2D eigenvalue weighted by Crippen LogP contribution is 2.26. The number of aryl methyl sites for hydroxylation is 1. The first-order valence-electron chi connectivity index (χ1n) is 6.29. The molecule has 4 heteroatoms. The number of aliphatic hydroxyl groups is 1. The molecule has 2 rings (SSSR count). The van der Waals surface area contributed by atoms with Crippen LogP contribution < -0.4 is 5.32 Å². The molecular weight excluding hydrogens is 250 g/mol. The fraction of sp³-hybridized carbons (Fsp3) is 0.500. The summed E-state index contributed by atoms with van der Waals surface area (Å²) in [7, 11) is 0. The van der Waals surface area contributed by atoms with Crippen LogP contribution in [-0.4, -0.2) is 23.7 Å². The van der Waals surface area contributed by atoms with Crippen LogP contribution in [0.4, 0.5) is 0 Å². The number of hydrogen-bond donors (Lipinski definition) is 2. The Hall–Kier alpha value is -1.06. The summed E-state index contributed by atoms with van der Waals surface area (Å²) in [5, 5.41) is 12.7. The summed E-state index contributed by atoms with van der Waals surface area (Å²) in [6.07, 6.45) is 2.96. The van der Waals surface area contributed by atoms with Crippen molar-refractivity contribution in [2.24, 2.45) is 5.92 Å². The fourth-order valence-electron chi connectivity index (χ4n) is 2.50. The van der Waals surface area contributed by atoms with Crippen LogP contribution in [0.2, 0.25) is 5.02 Å². The van der Waals surface area contributed by atoms with Crippen molar-refractivity contribution in [1.29, 1.82) is 0 Å². The van der Waals surface area contributed by atoms with Gasteiger partial charge in [-0.2, -0.15) is 0 Å². The number of aliphatic hydroxyl groups excluding tert-OH is 1. The lowest BCUT2D eigenvalue weighted by molar-refractivity contribution is 0.0916. The van der Waals surface area contributed by atoms with Gasteiger partial charge in [0.2, 0.25) is 0 Å². The lowest BCUT2D eigenvalue weighted by Crippen LogP contribution is -2.38. The number of amides is 1. The van der Waals surface area contributed by atoms with E-state index in [4.69, 9.17) is 11.6 Å². The molecule has 98 valence electrons. The summed E-state index contributed by atoms with van der Waals surface area (Å²) in [6, 6.07) is 5.48.